The van der Waals surface area contributed by atoms with Gasteiger partial charge in [-0.05, 0) is 51.8 Å². The van der Waals surface area contributed by atoms with Crippen molar-refractivity contribution in [1.29, 1.82) is 0 Å². The number of hydrogen-bond donors (Lipinski definition) is 0. The van der Waals surface area contributed by atoms with E-state index in [0.717, 1.165) is 30.0 Å². The third kappa shape index (κ3) is 5.31. The molecule has 0 unspecified atom stereocenters. The minimum absolute atomic E-state index is 0.173. The third-order valence-electron chi connectivity index (χ3n) is 5.72. The van der Waals surface area contributed by atoms with Gasteiger partial charge in [-0.15, -0.1) is 0 Å². The second-order valence-corrected chi connectivity index (χ2v) is 8.20. The van der Waals surface area contributed by atoms with Gasteiger partial charge < -0.3 is 14.2 Å². The van der Waals surface area contributed by atoms with Crippen LogP contribution in [-0.2, 0) is 17.9 Å². The van der Waals surface area contributed by atoms with Crippen molar-refractivity contribution in [3.8, 4) is 5.75 Å². The summed E-state index contributed by atoms with van der Waals surface area (Å²) in [5.74, 6) is 2.33. The first-order valence-corrected chi connectivity index (χ1v) is 10.8. The minimum Gasteiger partial charge on any atom is -0.484 e. The Morgan fingerprint density at radius 2 is 1.90 bits per heavy atom. The van der Waals surface area contributed by atoms with E-state index in [-0.39, 0.29) is 18.4 Å². The summed E-state index contributed by atoms with van der Waals surface area (Å²) in [5, 5.41) is 8.57. The molecule has 31 heavy (non-hydrogen) atoms. The second kappa shape index (κ2) is 9.32. The average Bonchev–Trinajstić information content (AvgIpc) is 3.37. The lowest BCUT2D eigenvalue weighted by Crippen LogP contribution is -2.38. The van der Waals surface area contributed by atoms with Gasteiger partial charge in [0.05, 0.1) is 5.69 Å². The van der Waals surface area contributed by atoms with Crippen molar-refractivity contribution < 1.29 is 14.1 Å². The van der Waals surface area contributed by atoms with E-state index >= 15 is 0 Å². The number of carbonyl (C=O) groups is 1. The molecule has 8 heteroatoms. The first-order valence-electron chi connectivity index (χ1n) is 10.8. The van der Waals surface area contributed by atoms with Gasteiger partial charge in [-0.2, -0.15) is 10.1 Å². The zero-order valence-corrected chi connectivity index (χ0v) is 18.4. The summed E-state index contributed by atoms with van der Waals surface area (Å²) in [5.41, 5.74) is 3.25. The van der Waals surface area contributed by atoms with Gasteiger partial charge >= 0.3 is 0 Å². The number of nitrogens with zero attached hydrogens (tertiary/aromatic N) is 5. The van der Waals surface area contributed by atoms with E-state index in [4.69, 9.17) is 9.26 Å². The summed E-state index contributed by atoms with van der Waals surface area (Å²) in [7, 11) is 0. The molecule has 0 aliphatic carbocycles. The molecule has 3 heterocycles. The van der Waals surface area contributed by atoms with Crippen molar-refractivity contribution in [2.75, 3.05) is 13.1 Å². The molecule has 3 aromatic rings. The lowest BCUT2D eigenvalue weighted by molar-refractivity contribution is -0.132. The summed E-state index contributed by atoms with van der Waals surface area (Å²) in [6, 6.07) is 9.88. The predicted octanol–water partition coefficient (Wildman–Crippen LogP) is 3.57. The molecule has 1 aromatic carbocycles. The summed E-state index contributed by atoms with van der Waals surface area (Å²) < 4.78 is 13.0. The van der Waals surface area contributed by atoms with E-state index in [9.17, 15) is 4.79 Å². The van der Waals surface area contributed by atoms with Crippen LogP contribution in [0.1, 0.15) is 53.8 Å². The standard InChI is InChI=1S/C23H29N5O3/c1-16-4-6-20(7-5-16)30-15-21-24-23(26-31-21)19-8-11-27(12-9-19)22(29)10-13-28-18(3)14-17(2)25-28/h4-7,14,19H,8-13,15H2,1-3H3. The molecule has 0 radical (unpaired) electrons. The maximum Gasteiger partial charge on any atom is 0.264 e. The van der Waals surface area contributed by atoms with Gasteiger partial charge in [0.25, 0.3) is 5.89 Å². The number of carbonyl (C=O) groups excluding carboxylic acids is 1. The van der Waals surface area contributed by atoms with E-state index in [0.29, 0.717) is 37.8 Å². The van der Waals surface area contributed by atoms with E-state index in [1.165, 1.54) is 5.56 Å². The van der Waals surface area contributed by atoms with Gasteiger partial charge in [-0.25, -0.2) is 0 Å². The van der Waals surface area contributed by atoms with E-state index in [1.807, 2.05) is 60.7 Å². The lowest BCUT2D eigenvalue weighted by Gasteiger charge is -2.30. The minimum atomic E-state index is 0.173. The van der Waals surface area contributed by atoms with Crippen molar-refractivity contribution in [2.24, 2.45) is 0 Å². The van der Waals surface area contributed by atoms with Crippen molar-refractivity contribution >= 4 is 5.91 Å². The van der Waals surface area contributed by atoms with Crippen LogP contribution in [0.15, 0.2) is 34.9 Å². The maximum absolute atomic E-state index is 12.6. The van der Waals surface area contributed by atoms with Crippen LogP contribution in [0.3, 0.4) is 0 Å². The highest BCUT2D eigenvalue weighted by molar-refractivity contribution is 5.76. The van der Waals surface area contributed by atoms with Crippen molar-refractivity contribution in [3.63, 3.8) is 0 Å². The molecule has 1 aliphatic heterocycles. The number of benzene rings is 1. The van der Waals surface area contributed by atoms with E-state index < -0.39 is 0 Å². The van der Waals surface area contributed by atoms with Gasteiger partial charge in [0.1, 0.15) is 5.75 Å². The zero-order chi connectivity index (χ0) is 21.8. The zero-order valence-electron chi connectivity index (χ0n) is 18.4. The number of piperidine rings is 1. The Morgan fingerprint density at radius 3 is 2.58 bits per heavy atom. The average molecular weight is 424 g/mol. The molecule has 0 saturated carbocycles. The second-order valence-electron chi connectivity index (χ2n) is 8.20. The fraction of sp³-hybridized carbons (Fsp3) is 0.478. The Labute approximate surface area is 182 Å². The molecule has 0 bridgehead atoms. The van der Waals surface area contributed by atoms with Crippen LogP contribution >= 0.6 is 0 Å². The summed E-state index contributed by atoms with van der Waals surface area (Å²) >= 11 is 0. The van der Waals surface area contributed by atoms with Crippen LogP contribution in [0.4, 0.5) is 0 Å². The molecule has 164 valence electrons. The number of aryl methyl sites for hydroxylation is 4. The summed E-state index contributed by atoms with van der Waals surface area (Å²) in [4.78, 5) is 19.0. The first kappa shape index (κ1) is 21.1. The van der Waals surface area contributed by atoms with Crippen LogP contribution < -0.4 is 4.74 Å². The fourth-order valence-electron chi connectivity index (χ4n) is 3.92. The molecular weight excluding hydrogens is 394 g/mol. The molecule has 2 aromatic heterocycles. The Kier molecular flexibility index (Phi) is 6.34. The highest BCUT2D eigenvalue weighted by Crippen LogP contribution is 2.26. The molecule has 0 atom stereocenters. The molecule has 1 fully saturated rings. The van der Waals surface area contributed by atoms with Crippen molar-refractivity contribution in [2.45, 2.75) is 59.1 Å². The number of rotatable bonds is 7. The SMILES string of the molecule is Cc1ccc(OCc2nc(C3CCN(C(=O)CCn4nc(C)cc4C)CC3)no2)cc1. The van der Waals surface area contributed by atoms with Crippen LogP contribution in [0.2, 0.25) is 0 Å². The molecule has 0 N–H and O–H groups in total. The van der Waals surface area contributed by atoms with Crippen LogP contribution in [-0.4, -0.2) is 43.8 Å². The highest BCUT2D eigenvalue weighted by Gasteiger charge is 2.27. The third-order valence-corrected chi connectivity index (χ3v) is 5.72. The molecule has 1 saturated heterocycles. The topological polar surface area (TPSA) is 86.3 Å². The number of ether oxygens (including phenoxy) is 1. The quantitative estimate of drug-likeness (QED) is 0.577. The summed E-state index contributed by atoms with van der Waals surface area (Å²) in [6.07, 6.45) is 2.14. The van der Waals surface area contributed by atoms with Gasteiger partial charge in [-0.3, -0.25) is 9.48 Å². The van der Waals surface area contributed by atoms with Gasteiger partial charge in [0, 0.05) is 37.7 Å². The largest absolute Gasteiger partial charge is 0.484 e. The monoisotopic (exact) mass is 423 g/mol. The van der Waals surface area contributed by atoms with Crippen molar-refractivity contribution in [3.05, 3.63) is 59.0 Å². The normalized spacial score (nSPS) is 14.7. The molecule has 8 nitrogen and oxygen atoms in total. The molecular formula is C23H29N5O3. The first-order chi connectivity index (χ1) is 15.0. The Bertz CT molecular complexity index is 1020. The van der Waals surface area contributed by atoms with E-state index in [2.05, 4.69) is 15.2 Å². The number of amides is 1. The maximum atomic E-state index is 12.6. The van der Waals surface area contributed by atoms with Crippen LogP contribution in [0.5, 0.6) is 5.75 Å². The molecule has 1 aliphatic rings. The highest BCUT2D eigenvalue weighted by atomic mass is 16.5. The van der Waals surface area contributed by atoms with Crippen LogP contribution in [0.25, 0.3) is 0 Å². The Balaban J connectivity index is 1.23. The lowest BCUT2D eigenvalue weighted by atomic mass is 9.96. The van der Waals surface area contributed by atoms with Crippen molar-refractivity contribution in [1.82, 2.24) is 24.8 Å². The number of aromatic nitrogens is 4. The smallest absolute Gasteiger partial charge is 0.264 e. The fourth-order valence-corrected chi connectivity index (χ4v) is 3.92. The van der Waals surface area contributed by atoms with Gasteiger partial charge in [0.15, 0.2) is 12.4 Å². The predicted molar refractivity (Wildman–Crippen MR) is 115 cm³/mol. The van der Waals surface area contributed by atoms with E-state index in [1.54, 1.807) is 0 Å². The summed E-state index contributed by atoms with van der Waals surface area (Å²) in [6.45, 7) is 8.31. The number of hydrogen-bond acceptors (Lipinski definition) is 6. The molecule has 1 amide bonds. The van der Waals surface area contributed by atoms with Gasteiger partial charge in [0.2, 0.25) is 5.91 Å². The number of likely N-dealkylation sites (tertiary alicyclic amines) is 1. The Morgan fingerprint density at radius 1 is 1.16 bits per heavy atom. The molecule has 0 spiro atoms. The molecule has 4 rings (SSSR count). The Hall–Kier alpha value is -3.16. The van der Waals surface area contributed by atoms with Crippen LogP contribution in [0, 0.1) is 20.8 Å². The van der Waals surface area contributed by atoms with Gasteiger partial charge in [-0.1, -0.05) is 22.9 Å².